The summed E-state index contributed by atoms with van der Waals surface area (Å²) in [7, 11) is 0. The first kappa shape index (κ1) is 14.4. The molecule has 0 saturated heterocycles. The number of carbonyl (C=O) groups is 2. The van der Waals surface area contributed by atoms with Crippen LogP contribution in [0.4, 0.5) is 0 Å². The van der Waals surface area contributed by atoms with Gasteiger partial charge in [-0.25, -0.2) is 4.79 Å². The molecule has 1 fully saturated rings. The van der Waals surface area contributed by atoms with Crippen molar-refractivity contribution >= 4 is 39.6 Å². The van der Waals surface area contributed by atoms with Gasteiger partial charge >= 0.3 is 5.97 Å². The molecule has 1 aromatic carbocycles. The van der Waals surface area contributed by atoms with Crippen LogP contribution in [0, 0.1) is 0 Å². The Kier molecular flexibility index (Phi) is 4.87. The Morgan fingerprint density at radius 3 is 2.79 bits per heavy atom. The molecule has 19 heavy (non-hydrogen) atoms. The molecule has 1 amide bonds. The molecule has 1 saturated carbocycles. The predicted molar refractivity (Wildman–Crippen MR) is 77.6 cm³/mol. The van der Waals surface area contributed by atoms with Crippen LogP contribution >= 0.6 is 27.7 Å². The number of carboxylic acid groups (broad SMARTS) is 1. The summed E-state index contributed by atoms with van der Waals surface area (Å²) in [6.45, 7) is 0. The Morgan fingerprint density at radius 2 is 2.16 bits per heavy atom. The van der Waals surface area contributed by atoms with Crippen molar-refractivity contribution in [1.82, 2.24) is 5.32 Å². The number of halogens is 1. The van der Waals surface area contributed by atoms with Crippen LogP contribution in [0.25, 0.3) is 0 Å². The van der Waals surface area contributed by atoms with E-state index in [9.17, 15) is 9.59 Å². The summed E-state index contributed by atoms with van der Waals surface area (Å²) in [5.74, 6) is -0.325. The molecule has 1 aromatic rings. The van der Waals surface area contributed by atoms with Crippen LogP contribution in [0.15, 0.2) is 27.6 Å². The number of carboxylic acids is 1. The highest BCUT2D eigenvalue weighted by molar-refractivity contribution is 9.10. The van der Waals surface area contributed by atoms with Gasteiger partial charge in [-0.2, -0.15) is 0 Å². The molecule has 2 rings (SSSR count). The molecular weight excluding hydrogens is 330 g/mol. The van der Waals surface area contributed by atoms with Gasteiger partial charge in [0.25, 0.3) is 0 Å². The molecule has 4 nitrogen and oxygen atoms in total. The fourth-order valence-electron chi connectivity index (χ4n) is 1.57. The van der Waals surface area contributed by atoms with Crippen LogP contribution in [-0.2, 0) is 4.79 Å². The highest BCUT2D eigenvalue weighted by atomic mass is 79.9. The summed E-state index contributed by atoms with van der Waals surface area (Å²) in [6, 6.07) is 5.41. The number of nitrogens with one attached hydrogen (secondary N) is 1. The Labute approximate surface area is 124 Å². The lowest BCUT2D eigenvalue weighted by atomic mass is 10.2. The molecular formula is C13H14BrNO3S. The number of carbonyl (C=O) groups excluding carboxylic acids is 1. The zero-order valence-electron chi connectivity index (χ0n) is 10.2. The van der Waals surface area contributed by atoms with Crippen LogP contribution in [0.2, 0.25) is 0 Å². The van der Waals surface area contributed by atoms with Crippen molar-refractivity contribution in [3.05, 3.63) is 28.2 Å². The number of benzene rings is 1. The van der Waals surface area contributed by atoms with Crippen molar-refractivity contribution in [3.63, 3.8) is 0 Å². The first-order valence-electron chi connectivity index (χ1n) is 6.01. The molecule has 1 aliphatic rings. The second-order valence-corrected chi connectivity index (χ2v) is 6.44. The van der Waals surface area contributed by atoms with Crippen molar-refractivity contribution in [1.29, 1.82) is 0 Å². The summed E-state index contributed by atoms with van der Waals surface area (Å²) in [6.07, 6.45) is 2.56. The minimum absolute atomic E-state index is 0.0434. The Morgan fingerprint density at radius 1 is 1.42 bits per heavy atom. The number of aromatic carboxylic acids is 1. The molecule has 0 aromatic heterocycles. The lowest BCUT2D eigenvalue weighted by Crippen LogP contribution is -2.25. The number of hydrogen-bond donors (Lipinski definition) is 2. The fourth-order valence-corrected chi connectivity index (χ4v) is 3.11. The molecule has 6 heteroatoms. The average Bonchev–Trinajstić information content (AvgIpc) is 3.12. The fraction of sp³-hybridized carbons (Fsp3) is 0.385. The lowest BCUT2D eigenvalue weighted by molar-refractivity contribution is -0.120. The summed E-state index contributed by atoms with van der Waals surface area (Å²) in [4.78, 5) is 23.3. The van der Waals surface area contributed by atoms with Gasteiger partial charge in [0.05, 0.1) is 5.56 Å². The van der Waals surface area contributed by atoms with Crippen LogP contribution in [-0.4, -0.2) is 28.8 Å². The Hall–Kier alpha value is -1.01. The van der Waals surface area contributed by atoms with Gasteiger partial charge in [-0.1, -0.05) is 15.9 Å². The topological polar surface area (TPSA) is 66.4 Å². The molecule has 0 aliphatic heterocycles. The van der Waals surface area contributed by atoms with Crippen LogP contribution in [0.1, 0.15) is 29.6 Å². The quantitative estimate of drug-likeness (QED) is 0.779. The third-order valence-corrected chi connectivity index (χ3v) is 4.25. The second-order valence-electron chi connectivity index (χ2n) is 4.39. The van der Waals surface area contributed by atoms with Crippen molar-refractivity contribution in [2.45, 2.75) is 30.2 Å². The van der Waals surface area contributed by atoms with Crippen LogP contribution < -0.4 is 5.32 Å². The predicted octanol–water partition coefficient (Wildman–Crippen LogP) is 2.91. The molecule has 102 valence electrons. The standard InChI is InChI=1S/C13H14BrNO3S/c14-8-1-4-10(13(17)18)11(7-8)19-6-5-12(16)15-9-2-3-9/h1,4,7,9H,2-3,5-6H2,(H,15,16)(H,17,18). The monoisotopic (exact) mass is 343 g/mol. The highest BCUT2D eigenvalue weighted by Crippen LogP contribution is 2.27. The molecule has 0 spiro atoms. The van der Waals surface area contributed by atoms with Gasteiger partial charge in [0.15, 0.2) is 0 Å². The largest absolute Gasteiger partial charge is 0.478 e. The van der Waals surface area contributed by atoms with Gasteiger partial charge in [-0.3, -0.25) is 4.79 Å². The summed E-state index contributed by atoms with van der Waals surface area (Å²) < 4.78 is 0.836. The van der Waals surface area contributed by atoms with Gasteiger partial charge in [0.2, 0.25) is 5.91 Å². The summed E-state index contributed by atoms with van der Waals surface area (Å²) >= 11 is 4.72. The maximum absolute atomic E-state index is 11.5. The van der Waals surface area contributed by atoms with E-state index in [0.29, 0.717) is 23.1 Å². The Bertz CT molecular complexity index is 503. The van der Waals surface area contributed by atoms with Crippen molar-refractivity contribution in [2.24, 2.45) is 0 Å². The lowest BCUT2D eigenvalue weighted by Gasteiger charge is -2.07. The molecule has 0 radical (unpaired) electrons. The van der Waals surface area contributed by atoms with Gasteiger partial charge < -0.3 is 10.4 Å². The molecule has 2 N–H and O–H groups in total. The zero-order chi connectivity index (χ0) is 13.8. The normalized spacial score (nSPS) is 14.2. The van der Waals surface area contributed by atoms with Crippen LogP contribution in [0.5, 0.6) is 0 Å². The van der Waals surface area contributed by atoms with Crippen LogP contribution in [0.3, 0.4) is 0 Å². The van der Waals surface area contributed by atoms with Crippen molar-refractivity contribution in [2.75, 3.05) is 5.75 Å². The van der Waals surface area contributed by atoms with Crippen molar-refractivity contribution < 1.29 is 14.7 Å². The maximum Gasteiger partial charge on any atom is 0.336 e. The summed E-state index contributed by atoms with van der Waals surface area (Å²) in [5, 5.41) is 12.0. The van der Waals surface area contributed by atoms with E-state index in [2.05, 4.69) is 21.2 Å². The average molecular weight is 344 g/mol. The van der Waals surface area contributed by atoms with E-state index in [0.717, 1.165) is 17.3 Å². The van der Waals surface area contributed by atoms with E-state index < -0.39 is 5.97 Å². The van der Waals surface area contributed by atoms with E-state index in [1.807, 2.05) is 0 Å². The van der Waals surface area contributed by atoms with Crippen molar-refractivity contribution in [3.8, 4) is 0 Å². The number of amides is 1. The minimum atomic E-state index is -0.947. The smallest absolute Gasteiger partial charge is 0.336 e. The van der Waals surface area contributed by atoms with E-state index >= 15 is 0 Å². The number of rotatable bonds is 6. The third-order valence-electron chi connectivity index (χ3n) is 2.70. The third kappa shape index (κ3) is 4.54. The van der Waals surface area contributed by atoms with Gasteiger partial charge in [-0.05, 0) is 31.0 Å². The number of hydrogen-bond acceptors (Lipinski definition) is 3. The maximum atomic E-state index is 11.5. The van der Waals surface area contributed by atoms with Gasteiger partial charge in [-0.15, -0.1) is 11.8 Å². The molecule has 0 atom stereocenters. The first-order valence-corrected chi connectivity index (χ1v) is 7.79. The van der Waals surface area contributed by atoms with Gasteiger partial charge in [0, 0.05) is 27.6 Å². The first-order chi connectivity index (χ1) is 9.06. The second kappa shape index (κ2) is 6.43. The molecule has 0 bridgehead atoms. The number of thioether (sulfide) groups is 1. The van der Waals surface area contributed by atoms with E-state index in [1.54, 1.807) is 18.2 Å². The summed E-state index contributed by atoms with van der Waals surface area (Å²) in [5.41, 5.74) is 0.274. The Balaban J connectivity index is 1.88. The van der Waals surface area contributed by atoms with E-state index in [1.165, 1.54) is 11.8 Å². The SMILES string of the molecule is O=C(CCSc1cc(Br)ccc1C(=O)O)NC1CC1. The van der Waals surface area contributed by atoms with E-state index in [-0.39, 0.29) is 11.5 Å². The molecule has 0 unspecified atom stereocenters. The molecule has 1 aliphatic carbocycles. The highest BCUT2D eigenvalue weighted by Gasteiger charge is 2.22. The minimum Gasteiger partial charge on any atom is -0.478 e. The van der Waals surface area contributed by atoms with Gasteiger partial charge in [0.1, 0.15) is 0 Å². The van der Waals surface area contributed by atoms with E-state index in [4.69, 9.17) is 5.11 Å². The zero-order valence-corrected chi connectivity index (χ0v) is 12.6. The molecule has 0 heterocycles.